The first-order chi connectivity index (χ1) is 9.58. The van der Waals surface area contributed by atoms with Gasteiger partial charge in [0.2, 0.25) is 11.8 Å². The molecule has 0 fully saturated rings. The largest absolute Gasteiger partial charge is 0.439 e. The molecule has 0 radical (unpaired) electrons. The third kappa shape index (κ3) is 3.53. The van der Waals surface area contributed by atoms with Crippen LogP contribution < -0.4 is 15.8 Å². The highest BCUT2D eigenvalue weighted by Gasteiger charge is 2.07. The van der Waals surface area contributed by atoms with Gasteiger partial charge in [-0.05, 0) is 18.6 Å². The summed E-state index contributed by atoms with van der Waals surface area (Å²) in [4.78, 5) is 7.86. The van der Waals surface area contributed by atoms with E-state index in [1.807, 2.05) is 6.92 Å². The van der Waals surface area contributed by atoms with Gasteiger partial charge in [-0.1, -0.05) is 6.92 Å². The molecule has 0 aliphatic rings. The van der Waals surface area contributed by atoms with Crippen LogP contribution in [0.15, 0.2) is 24.3 Å². The van der Waals surface area contributed by atoms with Gasteiger partial charge in [-0.15, -0.1) is 0 Å². The predicted octanol–water partition coefficient (Wildman–Crippen LogP) is 2.95. The SMILES string of the molecule is CCCNc1cc(Oc2ccc(F)c(F)c2)nc(N)n1. The van der Waals surface area contributed by atoms with Crippen LogP contribution in [-0.4, -0.2) is 16.5 Å². The summed E-state index contributed by atoms with van der Waals surface area (Å²) < 4.78 is 31.2. The third-order valence-corrected chi connectivity index (χ3v) is 2.39. The predicted molar refractivity (Wildman–Crippen MR) is 71.7 cm³/mol. The van der Waals surface area contributed by atoms with Crippen molar-refractivity contribution in [2.75, 3.05) is 17.6 Å². The number of nitrogens with two attached hydrogens (primary N) is 1. The molecule has 0 aliphatic heterocycles. The van der Waals surface area contributed by atoms with Crippen LogP contribution in [0.1, 0.15) is 13.3 Å². The molecule has 1 aromatic carbocycles. The van der Waals surface area contributed by atoms with E-state index in [0.29, 0.717) is 5.82 Å². The van der Waals surface area contributed by atoms with Gasteiger partial charge in [-0.3, -0.25) is 0 Å². The van der Waals surface area contributed by atoms with Crippen molar-refractivity contribution in [3.05, 3.63) is 35.9 Å². The average molecular weight is 280 g/mol. The van der Waals surface area contributed by atoms with Crippen LogP contribution in [0, 0.1) is 11.6 Å². The van der Waals surface area contributed by atoms with Crippen LogP contribution >= 0.6 is 0 Å². The second-order valence-electron chi connectivity index (χ2n) is 4.05. The van der Waals surface area contributed by atoms with Crippen LogP contribution in [0.2, 0.25) is 0 Å². The molecule has 0 saturated heterocycles. The summed E-state index contributed by atoms with van der Waals surface area (Å²) in [6.45, 7) is 2.73. The van der Waals surface area contributed by atoms with Crippen molar-refractivity contribution < 1.29 is 13.5 Å². The number of halogens is 2. The van der Waals surface area contributed by atoms with Crippen molar-refractivity contribution in [1.29, 1.82) is 0 Å². The maximum absolute atomic E-state index is 13.1. The van der Waals surface area contributed by atoms with Gasteiger partial charge in [-0.2, -0.15) is 9.97 Å². The van der Waals surface area contributed by atoms with Gasteiger partial charge >= 0.3 is 0 Å². The lowest BCUT2D eigenvalue weighted by Gasteiger charge is -2.08. The van der Waals surface area contributed by atoms with Gasteiger partial charge in [0.15, 0.2) is 11.6 Å². The number of ether oxygens (including phenoxy) is 1. The average Bonchev–Trinajstić information content (AvgIpc) is 2.40. The highest BCUT2D eigenvalue weighted by atomic mass is 19.2. The Balaban J connectivity index is 2.19. The first kappa shape index (κ1) is 14.0. The van der Waals surface area contributed by atoms with Crippen molar-refractivity contribution in [3.8, 4) is 11.6 Å². The Bertz CT molecular complexity index is 607. The molecule has 0 atom stereocenters. The molecule has 20 heavy (non-hydrogen) atoms. The van der Waals surface area contributed by atoms with Crippen LogP contribution in [0.25, 0.3) is 0 Å². The number of nitrogens with zero attached hydrogens (tertiary/aromatic N) is 2. The lowest BCUT2D eigenvalue weighted by molar-refractivity contribution is 0.447. The highest BCUT2D eigenvalue weighted by Crippen LogP contribution is 2.23. The van der Waals surface area contributed by atoms with Gasteiger partial charge in [0, 0.05) is 18.7 Å². The molecule has 1 aromatic heterocycles. The zero-order chi connectivity index (χ0) is 14.5. The number of rotatable bonds is 5. The number of nitrogen functional groups attached to an aromatic ring is 1. The molecule has 0 aliphatic carbocycles. The number of nitrogens with one attached hydrogen (secondary N) is 1. The summed E-state index contributed by atoms with van der Waals surface area (Å²) in [6.07, 6.45) is 0.920. The molecule has 0 saturated carbocycles. The maximum Gasteiger partial charge on any atom is 0.226 e. The second-order valence-corrected chi connectivity index (χ2v) is 4.05. The van der Waals surface area contributed by atoms with Gasteiger partial charge < -0.3 is 15.8 Å². The molecule has 0 spiro atoms. The second kappa shape index (κ2) is 6.14. The minimum absolute atomic E-state index is 0.0312. The number of aromatic nitrogens is 2. The zero-order valence-electron chi connectivity index (χ0n) is 10.9. The topological polar surface area (TPSA) is 73.1 Å². The first-order valence-electron chi connectivity index (χ1n) is 6.10. The van der Waals surface area contributed by atoms with Crippen molar-refractivity contribution in [2.45, 2.75) is 13.3 Å². The lowest BCUT2D eigenvalue weighted by atomic mass is 10.3. The monoisotopic (exact) mass is 280 g/mol. The van der Waals surface area contributed by atoms with E-state index in [2.05, 4.69) is 15.3 Å². The summed E-state index contributed by atoms with van der Waals surface area (Å²) >= 11 is 0. The molecule has 0 bridgehead atoms. The molecular formula is C13H14F2N4O. The van der Waals surface area contributed by atoms with Crippen LogP contribution in [0.5, 0.6) is 11.6 Å². The fourth-order valence-electron chi connectivity index (χ4n) is 1.50. The number of anilines is 2. The fraction of sp³-hybridized carbons (Fsp3) is 0.231. The van der Waals surface area contributed by atoms with Gasteiger partial charge in [0.25, 0.3) is 0 Å². The van der Waals surface area contributed by atoms with E-state index in [-0.39, 0.29) is 17.6 Å². The molecule has 3 N–H and O–H groups in total. The summed E-state index contributed by atoms with van der Waals surface area (Å²) in [6, 6.07) is 4.75. The van der Waals surface area contributed by atoms with E-state index in [4.69, 9.17) is 10.5 Å². The molecular weight excluding hydrogens is 266 g/mol. The molecule has 2 rings (SSSR count). The van der Waals surface area contributed by atoms with E-state index in [1.54, 1.807) is 0 Å². The Morgan fingerprint density at radius 1 is 1.20 bits per heavy atom. The van der Waals surface area contributed by atoms with Crippen molar-refractivity contribution in [3.63, 3.8) is 0 Å². The van der Waals surface area contributed by atoms with Crippen molar-refractivity contribution >= 4 is 11.8 Å². The summed E-state index contributed by atoms with van der Waals surface area (Å²) in [5, 5.41) is 3.04. The quantitative estimate of drug-likeness (QED) is 0.881. The Kier molecular flexibility index (Phi) is 4.29. The van der Waals surface area contributed by atoms with E-state index in [1.165, 1.54) is 12.1 Å². The van der Waals surface area contributed by atoms with Crippen LogP contribution in [0.3, 0.4) is 0 Å². The summed E-state index contributed by atoms with van der Waals surface area (Å²) in [5.41, 5.74) is 5.56. The molecule has 106 valence electrons. The van der Waals surface area contributed by atoms with Crippen LogP contribution in [-0.2, 0) is 0 Å². The summed E-state index contributed by atoms with van der Waals surface area (Å²) in [5.74, 6) is -1.11. The molecule has 5 nitrogen and oxygen atoms in total. The summed E-state index contributed by atoms with van der Waals surface area (Å²) in [7, 11) is 0. The molecule has 1 heterocycles. The van der Waals surface area contributed by atoms with E-state index in [0.717, 1.165) is 25.1 Å². The minimum atomic E-state index is -0.992. The Hall–Kier alpha value is -2.44. The molecule has 7 heteroatoms. The molecule has 0 amide bonds. The lowest BCUT2D eigenvalue weighted by Crippen LogP contribution is -2.05. The van der Waals surface area contributed by atoms with E-state index < -0.39 is 11.6 Å². The third-order valence-electron chi connectivity index (χ3n) is 2.39. The number of hydrogen-bond donors (Lipinski definition) is 2. The van der Waals surface area contributed by atoms with Crippen molar-refractivity contribution in [2.24, 2.45) is 0 Å². The minimum Gasteiger partial charge on any atom is -0.439 e. The normalized spacial score (nSPS) is 10.3. The van der Waals surface area contributed by atoms with E-state index in [9.17, 15) is 8.78 Å². The molecule has 0 unspecified atom stereocenters. The Morgan fingerprint density at radius 3 is 2.70 bits per heavy atom. The smallest absolute Gasteiger partial charge is 0.226 e. The van der Waals surface area contributed by atoms with Gasteiger partial charge in [0.05, 0.1) is 0 Å². The highest BCUT2D eigenvalue weighted by molar-refractivity contribution is 5.44. The fourth-order valence-corrected chi connectivity index (χ4v) is 1.50. The zero-order valence-corrected chi connectivity index (χ0v) is 10.9. The number of hydrogen-bond acceptors (Lipinski definition) is 5. The Morgan fingerprint density at radius 2 is 2.00 bits per heavy atom. The standard InChI is InChI=1S/C13H14F2N4O/c1-2-5-17-11-7-12(19-13(16)18-11)20-8-3-4-9(14)10(15)6-8/h3-4,6-7H,2,5H2,1H3,(H3,16,17,18,19). The maximum atomic E-state index is 13.1. The van der Waals surface area contributed by atoms with Crippen molar-refractivity contribution in [1.82, 2.24) is 9.97 Å². The first-order valence-corrected chi connectivity index (χ1v) is 6.10. The number of benzene rings is 1. The van der Waals surface area contributed by atoms with Gasteiger partial charge in [-0.25, -0.2) is 8.78 Å². The Labute approximate surface area is 114 Å². The van der Waals surface area contributed by atoms with Gasteiger partial charge in [0.1, 0.15) is 11.6 Å². The molecule has 2 aromatic rings. The van der Waals surface area contributed by atoms with Crippen LogP contribution in [0.4, 0.5) is 20.5 Å². The van der Waals surface area contributed by atoms with E-state index >= 15 is 0 Å².